The van der Waals surface area contributed by atoms with Gasteiger partial charge in [-0.1, -0.05) is 73.5 Å². The van der Waals surface area contributed by atoms with Gasteiger partial charge in [0, 0.05) is 10.5 Å². The highest BCUT2D eigenvalue weighted by Gasteiger charge is 2.28. The molecule has 0 radical (unpaired) electrons. The number of thioether (sulfide) groups is 2. The molecule has 4 nitrogen and oxygen atoms in total. The van der Waals surface area contributed by atoms with E-state index in [2.05, 4.69) is 100 Å². The van der Waals surface area contributed by atoms with E-state index in [-0.39, 0.29) is 21.8 Å². The molecule has 2 unspecified atom stereocenters. The normalized spacial score (nSPS) is 21.8. The van der Waals surface area contributed by atoms with Gasteiger partial charge >= 0.3 is 0 Å². The quantitative estimate of drug-likeness (QED) is 0.290. The van der Waals surface area contributed by atoms with Crippen molar-refractivity contribution in [3.05, 3.63) is 71.8 Å². The van der Waals surface area contributed by atoms with Crippen LogP contribution in [0, 0.1) is 0 Å². The number of benzene rings is 2. The van der Waals surface area contributed by atoms with Gasteiger partial charge < -0.3 is 0 Å². The van der Waals surface area contributed by atoms with Crippen LogP contribution in [0.2, 0.25) is 0 Å². The van der Waals surface area contributed by atoms with Gasteiger partial charge in [0.25, 0.3) is 0 Å². The van der Waals surface area contributed by atoms with E-state index in [0.717, 1.165) is 0 Å². The molecule has 0 spiro atoms. The van der Waals surface area contributed by atoms with Crippen molar-refractivity contribution in [1.29, 1.82) is 0 Å². The molecule has 0 aromatic heterocycles. The lowest BCUT2D eigenvalue weighted by Crippen LogP contribution is -2.22. The summed E-state index contributed by atoms with van der Waals surface area (Å²) in [4.78, 5) is -0.391. The minimum Gasteiger partial charge on any atom is -0.185 e. The van der Waals surface area contributed by atoms with Gasteiger partial charge in [-0.25, -0.2) is 0 Å². The molecule has 0 aliphatic heterocycles. The minimum absolute atomic E-state index is 0.0948. The van der Waals surface area contributed by atoms with Crippen LogP contribution in [0.4, 0.5) is 0 Å². The average molecular weight is 525 g/mol. The number of hydrogen-bond acceptors (Lipinski definition) is 6. The van der Waals surface area contributed by atoms with E-state index in [1.807, 2.05) is 35.7 Å². The van der Waals surface area contributed by atoms with Crippen LogP contribution in [0.3, 0.4) is 0 Å². The summed E-state index contributed by atoms with van der Waals surface area (Å²) in [6, 6.07) is 21.0. The fourth-order valence-electron chi connectivity index (χ4n) is 4.58. The van der Waals surface area contributed by atoms with Gasteiger partial charge in [0.1, 0.15) is 9.74 Å². The van der Waals surface area contributed by atoms with Crippen molar-refractivity contribution in [2.24, 2.45) is 20.5 Å². The van der Waals surface area contributed by atoms with Gasteiger partial charge in [-0.05, 0) is 78.4 Å². The Labute approximate surface area is 227 Å². The maximum atomic E-state index is 4.76. The average Bonchev–Trinajstić information content (AvgIpc) is 2.85. The van der Waals surface area contributed by atoms with Gasteiger partial charge in [-0.3, -0.25) is 0 Å². The van der Waals surface area contributed by atoms with Crippen LogP contribution in [0.5, 0.6) is 0 Å². The van der Waals surface area contributed by atoms with Crippen LogP contribution in [-0.2, 0) is 0 Å². The van der Waals surface area contributed by atoms with E-state index in [1.54, 1.807) is 0 Å². The van der Waals surface area contributed by atoms with Crippen LogP contribution in [-0.4, -0.2) is 20.2 Å². The maximum Gasteiger partial charge on any atom is 0.121 e. The number of rotatable bonds is 10. The lowest BCUT2D eigenvalue weighted by atomic mass is 10.00. The second kappa shape index (κ2) is 13.8. The third-order valence-electron chi connectivity index (χ3n) is 6.52. The minimum atomic E-state index is -0.196. The molecule has 0 saturated heterocycles. The summed E-state index contributed by atoms with van der Waals surface area (Å²) in [5.74, 6) is 0. The maximum absolute atomic E-state index is 4.76. The molecular formula is C30H44N4S2. The van der Waals surface area contributed by atoms with Gasteiger partial charge in [-0.15, -0.1) is 23.5 Å². The van der Waals surface area contributed by atoms with Crippen molar-refractivity contribution >= 4 is 23.5 Å². The van der Waals surface area contributed by atoms with Gasteiger partial charge in [-0.2, -0.15) is 20.5 Å². The summed E-state index contributed by atoms with van der Waals surface area (Å²) in [6.45, 7) is 13.1. The Morgan fingerprint density at radius 3 is 1.28 bits per heavy atom. The Hall–Kier alpha value is -1.66. The van der Waals surface area contributed by atoms with Crippen LogP contribution in [0.1, 0.15) is 103 Å². The zero-order valence-electron chi connectivity index (χ0n) is 22.9. The molecule has 36 heavy (non-hydrogen) atoms. The van der Waals surface area contributed by atoms with Crippen molar-refractivity contribution in [3.8, 4) is 0 Å². The monoisotopic (exact) mass is 524 g/mol. The molecule has 1 saturated carbocycles. The topological polar surface area (TPSA) is 49.4 Å². The van der Waals surface area contributed by atoms with E-state index < -0.39 is 0 Å². The lowest BCUT2D eigenvalue weighted by molar-refractivity contribution is 0.513. The molecule has 2 aromatic rings. The summed E-state index contributed by atoms with van der Waals surface area (Å²) in [6.07, 6.45) is 7.53. The van der Waals surface area contributed by atoms with Gasteiger partial charge in [0.2, 0.25) is 0 Å². The van der Waals surface area contributed by atoms with E-state index in [9.17, 15) is 0 Å². The third-order valence-corrected chi connectivity index (χ3v) is 9.45. The molecule has 1 aliphatic rings. The van der Waals surface area contributed by atoms with Gasteiger partial charge in [0.15, 0.2) is 0 Å². The standard InChI is InChI=1S/C30H44N4S2/c1-23(25-15-9-7-10-16-25)31-33-29(3,4)35-27-19-13-21-28(22-14-20-27)36-30(5,6)34-32-24(2)26-17-11-8-12-18-26/h7-12,15-18,23-24,27-28H,13-14,19-22H2,1-6H3. The second-order valence-electron chi connectivity index (χ2n) is 10.8. The lowest BCUT2D eigenvalue weighted by Gasteiger charge is -2.30. The highest BCUT2D eigenvalue weighted by Crippen LogP contribution is 2.41. The fraction of sp³-hybridized carbons (Fsp3) is 0.600. The summed E-state index contributed by atoms with van der Waals surface area (Å²) in [5, 5.41) is 20.1. The Morgan fingerprint density at radius 2 is 0.944 bits per heavy atom. The first-order valence-electron chi connectivity index (χ1n) is 13.4. The molecule has 0 bridgehead atoms. The SMILES string of the molecule is CC(N=NC(C)(C)SC1CCCC(SC(C)(C)N=NC(C)c2ccccc2)CCC1)c1ccccc1. The van der Waals surface area contributed by atoms with Crippen LogP contribution < -0.4 is 0 Å². The van der Waals surface area contributed by atoms with Crippen molar-refractivity contribution in [2.75, 3.05) is 0 Å². The largest absolute Gasteiger partial charge is 0.185 e. The van der Waals surface area contributed by atoms with E-state index >= 15 is 0 Å². The summed E-state index contributed by atoms with van der Waals surface area (Å²) in [7, 11) is 0. The molecule has 196 valence electrons. The van der Waals surface area contributed by atoms with Crippen molar-refractivity contribution in [1.82, 2.24) is 0 Å². The Bertz CT molecular complexity index is 872. The molecule has 0 heterocycles. The van der Waals surface area contributed by atoms with Crippen LogP contribution in [0.25, 0.3) is 0 Å². The first-order valence-corrected chi connectivity index (χ1v) is 15.2. The Morgan fingerprint density at radius 1 is 0.611 bits per heavy atom. The predicted octanol–water partition coefficient (Wildman–Crippen LogP) is 10.4. The van der Waals surface area contributed by atoms with Crippen molar-refractivity contribution in [2.45, 2.75) is 112 Å². The molecule has 2 aromatic carbocycles. The van der Waals surface area contributed by atoms with Crippen LogP contribution in [0.15, 0.2) is 81.1 Å². The van der Waals surface area contributed by atoms with Crippen molar-refractivity contribution < 1.29 is 0 Å². The molecule has 0 N–H and O–H groups in total. The molecular weight excluding hydrogens is 480 g/mol. The zero-order chi connectivity index (χ0) is 26.0. The Balaban J connectivity index is 1.46. The Kier molecular flexibility index (Phi) is 11.0. The third kappa shape index (κ3) is 10.0. The van der Waals surface area contributed by atoms with E-state index in [1.165, 1.54) is 49.7 Å². The number of nitrogens with zero attached hydrogens (tertiary/aromatic N) is 4. The smallest absolute Gasteiger partial charge is 0.121 e. The van der Waals surface area contributed by atoms with E-state index in [0.29, 0.717) is 10.5 Å². The first kappa shape index (κ1) is 28.9. The highest BCUT2D eigenvalue weighted by atomic mass is 32.2. The number of azo groups is 2. The molecule has 0 amide bonds. The second-order valence-corrected chi connectivity index (χ2v) is 14.6. The summed E-state index contributed by atoms with van der Waals surface area (Å²) >= 11 is 4.01. The fourth-order valence-corrected chi connectivity index (χ4v) is 7.54. The molecule has 6 heteroatoms. The van der Waals surface area contributed by atoms with Crippen molar-refractivity contribution in [3.63, 3.8) is 0 Å². The molecule has 2 atom stereocenters. The van der Waals surface area contributed by atoms with Gasteiger partial charge in [0.05, 0.1) is 12.1 Å². The number of hydrogen-bond donors (Lipinski definition) is 0. The first-order chi connectivity index (χ1) is 17.1. The summed E-state index contributed by atoms with van der Waals surface area (Å²) < 4.78 is 0. The van der Waals surface area contributed by atoms with Crippen LogP contribution >= 0.6 is 23.5 Å². The zero-order valence-corrected chi connectivity index (χ0v) is 24.6. The predicted molar refractivity (Wildman–Crippen MR) is 158 cm³/mol. The molecule has 1 aliphatic carbocycles. The van der Waals surface area contributed by atoms with E-state index in [4.69, 9.17) is 10.2 Å². The summed E-state index contributed by atoms with van der Waals surface area (Å²) in [5.41, 5.74) is 2.43. The highest BCUT2D eigenvalue weighted by molar-refractivity contribution is 8.01. The molecule has 1 fully saturated rings. The molecule has 3 rings (SSSR count).